The number of ether oxygens (including phenoxy) is 1. The number of unbranched alkanes of at least 4 members (excludes halogenated alkanes) is 10. The van der Waals surface area contributed by atoms with Crippen LogP contribution < -0.4 is 0 Å². The molecule has 1 fully saturated rings. The third-order valence-electron chi connectivity index (χ3n) is 7.11. The highest BCUT2D eigenvalue weighted by Crippen LogP contribution is 2.32. The molecule has 1 aliphatic rings. The van der Waals surface area contributed by atoms with Gasteiger partial charge >= 0.3 is 11.9 Å². The van der Waals surface area contributed by atoms with E-state index in [9.17, 15) is 14.7 Å². The smallest absolute Gasteiger partial charge is 0.310 e. The van der Waals surface area contributed by atoms with Crippen molar-refractivity contribution in [3.05, 3.63) is 0 Å². The molecule has 4 nitrogen and oxygen atoms in total. The molecule has 1 rings (SSSR count). The molecule has 3 atom stereocenters. The predicted molar refractivity (Wildman–Crippen MR) is 133 cm³/mol. The van der Waals surface area contributed by atoms with Crippen LogP contribution in [0.25, 0.3) is 0 Å². The van der Waals surface area contributed by atoms with Crippen LogP contribution in [0.5, 0.6) is 0 Å². The molecule has 0 aromatic rings. The van der Waals surface area contributed by atoms with E-state index < -0.39 is 17.8 Å². The summed E-state index contributed by atoms with van der Waals surface area (Å²) in [7, 11) is 0. The van der Waals surface area contributed by atoms with Crippen LogP contribution in [0.15, 0.2) is 0 Å². The third-order valence-corrected chi connectivity index (χ3v) is 7.11. The predicted octanol–water partition coefficient (Wildman–Crippen LogP) is 8.32. The van der Waals surface area contributed by atoms with Gasteiger partial charge in [0.05, 0.1) is 11.8 Å². The fourth-order valence-corrected chi connectivity index (χ4v) is 5.01. The maximum Gasteiger partial charge on any atom is 0.310 e. The van der Waals surface area contributed by atoms with Crippen LogP contribution in [0.1, 0.15) is 143 Å². The highest BCUT2D eigenvalue weighted by atomic mass is 16.5. The Labute approximate surface area is 198 Å². The number of carboxylic acid groups (broad SMARTS) is 1. The van der Waals surface area contributed by atoms with E-state index in [2.05, 4.69) is 20.8 Å². The van der Waals surface area contributed by atoms with Gasteiger partial charge in [0.25, 0.3) is 0 Å². The Balaban J connectivity index is 2.38. The Morgan fingerprint density at radius 2 is 1.22 bits per heavy atom. The van der Waals surface area contributed by atoms with E-state index in [-0.39, 0.29) is 12.1 Å². The number of carbonyl (C=O) groups is 2. The minimum absolute atomic E-state index is 0.0356. The van der Waals surface area contributed by atoms with Crippen molar-refractivity contribution in [3.63, 3.8) is 0 Å². The van der Waals surface area contributed by atoms with Crippen LogP contribution in [0, 0.1) is 17.8 Å². The zero-order chi connectivity index (χ0) is 23.6. The summed E-state index contributed by atoms with van der Waals surface area (Å²) in [6.07, 6.45) is 21.2. The van der Waals surface area contributed by atoms with Crippen LogP contribution >= 0.6 is 0 Å². The maximum absolute atomic E-state index is 12.9. The van der Waals surface area contributed by atoms with Gasteiger partial charge in [-0.1, -0.05) is 104 Å². The van der Waals surface area contributed by atoms with Crippen molar-refractivity contribution >= 4 is 11.9 Å². The number of carbonyl (C=O) groups excluding carboxylic acids is 1. The van der Waals surface area contributed by atoms with Crippen LogP contribution in [-0.2, 0) is 14.3 Å². The van der Waals surface area contributed by atoms with Gasteiger partial charge < -0.3 is 9.84 Å². The van der Waals surface area contributed by atoms with Gasteiger partial charge in [0, 0.05) is 0 Å². The van der Waals surface area contributed by atoms with Crippen LogP contribution in [0.3, 0.4) is 0 Å². The number of hydrogen-bond acceptors (Lipinski definition) is 3. The van der Waals surface area contributed by atoms with Crippen molar-refractivity contribution in [1.29, 1.82) is 0 Å². The summed E-state index contributed by atoms with van der Waals surface area (Å²) in [6.45, 7) is 6.81. The second-order valence-electron chi connectivity index (χ2n) is 10.5. The van der Waals surface area contributed by atoms with Crippen molar-refractivity contribution in [1.82, 2.24) is 0 Å². The van der Waals surface area contributed by atoms with Gasteiger partial charge in [0.2, 0.25) is 0 Å². The van der Waals surface area contributed by atoms with Gasteiger partial charge in [-0.2, -0.15) is 0 Å². The number of esters is 1. The lowest BCUT2D eigenvalue weighted by Crippen LogP contribution is -2.35. The molecule has 0 heterocycles. The first-order valence-electron chi connectivity index (χ1n) is 13.9. The average Bonchev–Trinajstić information content (AvgIpc) is 2.77. The summed E-state index contributed by atoms with van der Waals surface area (Å²) in [6, 6.07) is 0. The monoisotopic (exact) mass is 452 g/mol. The lowest BCUT2D eigenvalue weighted by atomic mass is 9.79. The van der Waals surface area contributed by atoms with Crippen molar-refractivity contribution in [2.45, 2.75) is 149 Å². The molecule has 0 radical (unpaired) electrons. The molecule has 3 unspecified atom stereocenters. The first-order valence-corrected chi connectivity index (χ1v) is 13.9. The van der Waals surface area contributed by atoms with E-state index in [1.54, 1.807) is 0 Å². The Bertz CT molecular complexity index is 488. The van der Waals surface area contributed by atoms with Gasteiger partial charge in [-0.25, -0.2) is 0 Å². The summed E-state index contributed by atoms with van der Waals surface area (Å²) < 4.78 is 5.96. The molecule has 0 spiro atoms. The largest absolute Gasteiger partial charge is 0.481 e. The third kappa shape index (κ3) is 13.5. The Kier molecular flexibility index (Phi) is 16.6. The molecule has 0 bridgehead atoms. The summed E-state index contributed by atoms with van der Waals surface area (Å²) in [5.74, 6) is -1.28. The van der Waals surface area contributed by atoms with Crippen molar-refractivity contribution < 1.29 is 19.4 Å². The van der Waals surface area contributed by atoms with E-state index in [1.165, 1.54) is 70.6 Å². The summed E-state index contributed by atoms with van der Waals surface area (Å²) >= 11 is 0. The van der Waals surface area contributed by atoms with Crippen molar-refractivity contribution in [3.8, 4) is 0 Å². The quantitative estimate of drug-likeness (QED) is 0.158. The molecule has 188 valence electrons. The first-order chi connectivity index (χ1) is 15.5. The molecule has 32 heavy (non-hydrogen) atoms. The number of hydrogen-bond donors (Lipinski definition) is 1. The van der Waals surface area contributed by atoms with Crippen molar-refractivity contribution in [2.75, 3.05) is 0 Å². The Morgan fingerprint density at radius 1 is 0.750 bits per heavy atom. The van der Waals surface area contributed by atoms with E-state index >= 15 is 0 Å². The van der Waals surface area contributed by atoms with Gasteiger partial charge in [0.15, 0.2) is 0 Å². The first kappa shape index (κ1) is 29.0. The zero-order valence-electron chi connectivity index (χ0n) is 21.4. The normalized spacial score (nSPS) is 19.8. The SMILES string of the molecule is CCCCCCCC(CCCCCCCCCC(C)C)OC(=O)C1CCCCC1C(=O)O. The topological polar surface area (TPSA) is 63.6 Å². The molecule has 0 aliphatic heterocycles. The molecule has 1 saturated carbocycles. The van der Waals surface area contributed by atoms with Crippen molar-refractivity contribution in [2.24, 2.45) is 17.8 Å². The Morgan fingerprint density at radius 3 is 1.72 bits per heavy atom. The highest BCUT2D eigenvalue weighted by molar-refractivity contribution is 5.81. The molecule has 0 saturated heterocycles. The molecule has 0 aromatic heterocycles. The summed E-state index contributed by atoms with van der Waals surface area (Å²) in [5.41, 5.74) is 0. The van der Waals surface area contributed by atoms with Crippen LogP contribution in [-0.4, -0.2) is 23.1 Å². The van der Waals surface area contributed by atoms with Crippen LogP contribution in [0.2, 0.25) is 0 Å². The standard InChI is InChI=1S/C28H52O4/c1-4-5-6-10-14-19-24(20-15-12-9-7-8-11-13-18-23(2)3)32-28(31)26-22-17-16-21-25(26)27(29)30/h23-26H,4-22H2,1-3H3,(H,29,30). The van der Waals surface area contributed by atoms with E-state index in [4.69, 9.17) is 4.74 Å². The van der Waals surface area contributed by atoms with E-state index in [0.29, 0.717) is 12.8 Å². The summed E-state index contributed by atoms with van der Waals surface area (Å²) in [5, 5.41) is 9.51. The molecule has 1 N–H and O–H groups in total. The molecule has 1 aliphatic carbocycles. The molecule has 0 amide bonds. The van der Waals surface area contributed by atoms with Gasteiger partial charge in [0.1, 0.15) is 6.10 Å². The van der Waals surface area contributed by atoms with E-state index in [1.807, 2.05) is 0 Å². The molecule has 0 aromatic carbocycles. The maximum atomic E-state index is 12.9. The minimum Gasteiger partial charge on any atom is -0.481 e. The number of rotatable bonds is 19. The highest BCUT2D eigenvalue weighted by Gasteiger charge is 2.37. The second-order valence-corrected chi connectivity index (χ2v) is 10.5. The van der Waals surface area contributed by atoms with Gasteiger partial charge in [-0.05, 0) is 44.4 Å². The number of carboxylic acids is 1. The minimum atomic E-state index is -0.837. The fourth-order valence-electron chi connectivity index (χ4n) is 5.01. The molecular formula is C28H52O4. The lowest BCUT2D eigenvalue weighted by molar-refractivity contribution is -0.164. The average molecular weight is 453 g/mol. The molecular weight excluding hydrogens is 400 g/mol. The zero-order valence-corrected chi connectivity index (χ0v) is 21.4. The fraction of sp³-hybridized carbons (Fsp3) is 0.929. The second kappa shape index (κ2) is 18.4. The lowest BCUT2D eigenvalue weighted by Gasteiger charge is -2.29. The van der Waals surface area contributed by atoms with Gasteiger partial charge in [-0.3, -0.25) is 9.59 Å². The Hall–Kier alpha value is -1.06. The van der Waals surface area contributed by atoms with Gasteiger partial charge in [-0.15, -0.1) is 0 Å². The van der Waals surface area contributed by atoms with E-state index in [0.717, 1.165) is 44.4 Å². The molecule has 4 heteroatoms. The number of aliphatic carboxylic acids is 1. The van der Waals surface area contributed by atoms with Crippen LogP contribution in [0.4, 0.5) is 0 Å². The summed E-state index contributed by atoms with van der Waals surface area (Å²) in [4.78, 5) is 24.4.